The van der Waals surface area contributed by atoms with Crippen molar-refractivity contribution in [1.29, 1.82) is 0 Å². The van der Waals surface area contributed by atoms with Gasteiger partial charge in [-0.2, -0.15) is 5.10 Å². The summed E-state index contributed by atoms with van der Waals surface area (Å²) in [5.74, 6) is -1.58. The van der Waals surface area contributed by atoms with E-state index in [-0.39, 0.29) is 5.69 Å². The highest BCUT2D eigenvalue weighted by atomic mass is 16.5. The fourth-order valence-corrected chi connectivity index (χ4v) is 2.90. The number of methoxy groups -OCH3 is 1. The predicted octanol–water partition coefficient (Wildman–Crippen LogP) is 2.64. The number of esters is 2. The number of nitrogens with zero attached hydrogens (tertiary/aromatic N) is 2. The van der Waals surface area contributed by atoms with Gasteiger partial charge in [-0.25, -0.2) is 14.3 Å². The molecule has 1 aromatic carbocycles. The average molecular weight is 381 g/mol. The summed E-state index contributed by atoms with van der Waals surface area (Å²) < 4.78 is 11.5. The Bertz CT molecular complexity index is 1020. The Balaban J connectivity index is 1.66. The molecular weight excluding hydrogens is 362 g/mol. The summed E-state index contributed by atoms with van der Waals surface area (Å²) in [6, 6.07) is 8.45. The van der Waals surface area contributed by atoms with E-state index in [0.717, 1.165) is 5.69 Å². The van der Waals surface area contributed by atoms with E-state index in [1.165, 1.54) is 7.11 Å². The molecule has 1 N–H and O–H groups in total. The highest BCUT2D eigenvalue weighted by Gasteiger charge is 2.23. The van der Waals surface area contributed by atoms with Gasteiger partial charge >= 0.3 is 11.9 Å². The molecule has 8 nitrogen and oxygen atoms in total. The van der Waals surface area contributed by atoms with E-state index in [2.05, 4.69) is 10.1 Å². The van der Waals surface area contributed by atoms with E-state index in [0.29, 0.717) is 22.4 Å². The summed E-state index contributed by atoms with van der Waals surface area (Å²) in [5.41, 5.74) is 2.64. The van der Waals surface area contributed by atoms with E-state index in [1.54, 1.807) is 61.3 Å². The molecule has 0 spiro atoms. The van der Waals surface area contributed by atoms with Gasteiger partial charge in [-0.3, -0.25) is 4.79 Å². The van der Waals surface area contributed by atoms with Crippen molar-refractivity contribution in [3.63, 3.8) is 0 Å². The van der Waals surface area contributed by atoms with Crippen LogP contribution in [0.15, 0.2) is 42.7 Å². The number of aryl methyl sites for hydroxylation is 1. The topological polar surface area (TPSA) is 103 Å². The van der Waals surface area contributed by atoms with Gasteiger partial charge in [0.05, 0.1) is 29.6 Å². The van der Waals surface area contributed by atoms with Crippen molar-refractivity contribution in [3.8, 4) is 5.69 Å². The summed E-state index contributed by atoms with van der Waals surface area (Å²) in [6.07, 6.45) is 3.44. The van der Waals surface area contributed by atoms with Crippen LogP contribution in [0.2, 0.25) is 0 Å². The fraction of sp³-hybridized carbons (Fsp3) is 0.200. The van der Waals surface area contributed by atoms with Crippen LogP contribution in [0.3, 0.4) is 0 Å². The molecule has 0 radical (unpaired) electrons. The molecule has 0 saturated heterocycles. The molecule has 144 valence electrons. The zero-order chi connectivity index (χ0) is 20.3. The lowest BCUT2D eigenvalue weighted by molar-refractivity contribution is 0.0473. The molecule has 0 saturated carbocycles. The largest absolute Gasteiger partial charge is 0.465 e. The zero-order valence-electron chi connectivity index (χ0n) is 15.7. The normalized spacial score (nSPS) is 10.5. The van der Waals surface area contributed by atoms with Crippen LogP contribution >= 0.6 is 0 Å². The third-order valence-corrected chi connectivity index (χ3v) is 4.31. The van der Waals surface area contributed by atoms with Crippen molar-refractivity contribution in [2.45, 2.75) is 13.8 Å². The van der Waals surface area contributed by atoms with Gasteiger partial charge in [-0.1, -0.05) is 0 Å². The number of hydrogen-bond donors (Lipinski definition) is 1. The standard InChI is InChI=1S/C20H19N3O5/c1-12-17(20(26)27-3)13(2)22-18(12)16(24)11-28-19(25)14-5-7-15(8-6-14)23-10-4-9-21-23/h4-10,22H,11H2,1-3H3. The monoisotopic (exact) mass is 381 g/mol. The fourth-order valence-electron chi connectivity index (χ4n) is 2.90. The SMILES string of the molecule is COC(=O)c1c(C)[nH]c(C(=O)COC(=O)c2ccc(-n3cccn3)cc2)c1C. The van der Waals surface area contributed by atoms with E-state index in [9.17, 15) is 14.4 Å². The third kappa shape index (κ3) is 3.71. The maximum absolute atomic E-state index is 12.4. The molecule has 2 heterocycles. The number of benzene rings is 1. The van der Waals surface area contributed by atoms with Crippen LogP contribution < -0.4 is 0 Å². The molecule has 0 fully saturated rings. The molecule has 3 aromatic rings. The number of ketones is 1. The van der Waals surface area contributed by atoms with Crippen molar-refractivity contribution in [3.05, 3.63) is 70.8 Å². The molecule has 0 unspecified atom stereocenters. The van der Waals surface area contributed by atoms with Gasteiger partial charge < -0.3 is 14.5 Å². The first-order chi connectivity index (χ1) is 13.4. The van der Waals surface area contributed by atoms with Crippen molar-refractivity contribution in [2.75, 3.05) is 13.7 Å². The van der Waals surface area contributed by atoms with Crippen LogP contribution in [-0.2, 0) is 9.47 Å². The second kappa shape index (κ2) is 7.91. The molecule has 0 aliphatic carbocycles. The maximum Gasteiger partial charge on any atom is 0.339 e. The molecule has 28 heavy (non-hydrogen) atoms. The van der Waals surface area contributed by atoms with Crippen LogP contribution in [0.1, 0.15) is 42.5 Å². The molecule has 0 bridgehead atoms. The number of ether oxygens (including phenoxy) is 2. The number of hydrogen-bond acceptors (Lipinski definition) is 6. The second-order valence-corrected chi connectivity index (χ2v) is 6.11. The van der Waals surface area contributed by atoms with Crippen molar-refractivity contribution < 1.29 is 23.9 Å². The molecular formula is C20H19N3O5. The van der Waals surface area contributed by atoms with E-state index in [4.69, 9.17) is 9.47 Å². The lowest BCUT2D eigenvalue weighted by Gasteiger charge is -2.06. The Morgan fingerprint density at radius 3 is 2.43 bits per heavy atom. The summed E-state index contributed by atoms with van der Waals surface area (Å²) in [4.78, 5) is 39.3. The number of H-pyrrole nitrogens is 1. The number of nitrogens with one attached hydrogen (secondary N) is 1. The minimum absolute atomic E-state index is 0.222. The van der Waals surface area contributed by atoms with Crippen LogP contribution in [0.5, 0.6) is 0 Å². The minimum atomic E-state index is -0.616. The predicted molar refractivity (Wildman–Crippen MR) is 99.8 cm³/mol. The van der Waals surface area contributed by atoms with Crippen LogP contribution in [-0.4, -0.2) is 46.2 Å². The highest BCUT2D eigenvalue weighted by Crippen LogP contribution is 2.19. The third-order valence-electron chi connectivity index (χ3n) is 4.31. The van der Waals surface area contributed by atoms with Gasteiger partial charge in [0.1, 0.15) is 0 Å². The van der Waals surface area contributed by atoms with E-state index in [1.807, 2.05) is 0 Å². The number of carbonyl (C=O) groups is 3. The van der Waals surface area contributed by atoms with Crippen molar-refractivity contribution in [1.82, 2.24) is 14.8 Å². The number of Topliss-reactive ketones (excluding diaryl/α,β-unsaturated/α-hetero) is 1. The first kappa shape index (κ1) is 19.1. The summed E-state index contributed by atoms with van der Waals surface area (Å²) in [6.45, 7) is 2.86. The first-order valence-electron chi connectivity index (χ1n) is 8.50. The smallest absolute Gasteiger partial charge is 0.339 e. The molecule has 2 aromatic heterocycles. The van der Waals surface area contributed by atoms with E-state index >= 15 is 0 Å². The Labute approximate surface area is 161 Å². The summed E-state index contributed by atoms with van der Waals surface area (Å²) in [7, 11) is 1.27. The average Bonchev–Trinajstić information content (AvgIpc) is 3.34. The van der Waals surface area contributed by atoms with Crippen LogP contribution in [0.25, 0.3) is 5.69 Å². The number of aromatic nitrogens is 3. The van der Waals surface area contributed by atoms with Gasteiger partial charge in [0, 0.05) is 18.1 Å². The van der Waals surface area contributed by atoms with Gasteiger partial charge in [-0.05, 0) is 49.7 Å². The Morgan fingerprint density at radius 2 is 1.82 bits per heavy atom. The van der Waals surface area contributed by atoms with Crippen molar-refractivity contribution in [2.24, 2.45) is 0 Å². The summed E-state index contributed by atoms with van der Waals surface area (Å²) in [5, 5.41) is 4.11. The molecule has 0 aliphatic rings. The lowest BCUT2D eigenvalue weighted by Crippen LogP contribution is -2.15. The quantitative estimate of drug-likeness (QED) is 0.520. The van der Waals surface area contributed by atoms with Crippen molar-refractivity contribution >= 4 is 17.7 Å². The number of rotatable bonds is 6. The second-order valence-electron chi connectivity index (χ2n) is 6.11. The Kier molecular flexibility index (Phi) is 5.39. The molecule has 0 amide bonds. The highest BCUT2D eigenvalue weighted by molar-refractivity contribution is 6.03. The van der Waals surface area contributed by atoms with E-state index < -0.39 is 24.3 Å². The molecule has 0 aliphatic heterocycles. The Hall–Kier alpha value is -3.68. The Morgan fingerprint density at radius 1 is 1.11 bits per heavy atom. The van der Waals surface area contributed by atoms with Gasteiger partial charge in [0.15, 0.2) is 6.61 Å². The zero-order valence-corrected chi connectivity index (χ0v) is 15.7. The summed E-state index contributed by atoms with van der Waals surface area (Å²) >= 11 is 0. The number of carbonyl (C=O) groups excluding carboxylic acids is 3. The molecule has 3 rings (SSSR count). The molecule has 8 heteroatoms. The lowest BCUT2D eigenvalue weighted by atomic mass is 10.1. The molecule has 0 atom stereocenters. The number of aromatic amines is 1. The van der Waals surface area contributed by atoms with Crippen LogP contribution in [0, 0.1) is 13.8 Å². The van der Waals surface area contributed by atoms with Gasteiger partial charge in [0.25, 0.3) is 0 Å². The van der Waals surface area contributed by atoms with Gasteiger partial charge in [0.2, 0.25) is 5.78 Å². The minimum Gasteiger partial charge on any atom is -0.465 e. The maximum atomic E-state index is 12.4. The van der Waals surface area contributed by atoms with Crippen LogP contribution in [0.4, 0.5) is 0 Å². The van der Waals surface area contributed by atoms with Gasteiger partial charge in [-0.15, -0.1) is 0 Å². The first-order valence-corrected chi connectivity index (χ1v) is 8.50.